The average Bonchev–Trinajstić information content (AvgIpc) is 2.65. The molecule has 0 bridgehead atoms. The van der Waals surface area contributed by atoms with Gasteiger partial charge in [0.05, 0.1) is 6.61 Å². The van der Waals surface area contributed by atoms with Crippen LogP contribution in [0.25, 0.3) is 0 Å². The van der Waals surface area contributed by atoms with Gasteiger partial charge in [-0.1, -0.05) is 42.2 Å². The lowest BCUT2D eigenvalue weighted by molar-refractivity contribution is 0.208. The number of para-hydroxylation sites is 1. The molecule has 2 aromatic rings. The van der Waals surface area contributed by atoms with E-state index in [0.29, 0.717) is 12.5 Å². The molecule has 25 heavy (non-hydrogen) atoms. The lowest BCUT2D eigenvalue weighted by atomic mass is 10.0. The fraction of sp³-hybridized carbons (Fsp3) is 0.364. The topological polar surface area (TPSA) is 35.5 Å². The molecule has 0 aromatic heterocycles. The van der Waals surface area contributed by atoms with E-state index in [1.807, 2.05) is 0 Å². The number of rotatable bonds is 5. The zero-order chi connectivity index (χ0) is 17.3. The Bertz CT molecular complexity index is 700. The Morgan fingerprint density at radius 2 is 1.88 bits per heavy atom. The number of hydrogen-bond donors (Lipinski definition) is 2. The fourth-order valence-corrected chi connectivity index (χ4v) is 3.26. The van der Waals surface area contributed by atoms with Crippen molar-refractivity contribution in [1.82, 2.24) is 4.90 Å². The Morgan fingerprint density at radius 1 is 1.08 bits per heavy atom. The van der Waals surface area contributed by atoms with E-state index in [9.17, 15) is 0 Å². The molecule has 0 unspecified atom stereocenters. The van der Waals surface area contributed by atoms with E-state index < -0.39 is 0 Å². The van der Waals surface area contributed by atoms with E-state index in [0.717, 1.165) is 25.2 Å². The lowest BCUT2D eigenvalue weighted by Crippen LogP contribution is -2.41. The number of aliphatic hydroxyl groups is 1. The summed E-state index contributed by atoms with van der Waals surface area (Å²) in [7, 11) is 0. The minimum Gasteiger partial charge on any atom is -0.395 e. The minimum atomic E-state index is 0.123. The predicted molar refractivity (Wildman–Crippen MR) is 103 cm³/mol. The van der Waals surface area contributed by atoms with Crippen LogP contribution >= 0.6 is 0 Å². The summed E-state index contributed by atoms with van der Waals surface area (Å²) in [5, 5.41) is 12.4. The van der Waals surface area contributed by atoms with Crippen LogP contribution in [0.15, 0.2) is 54.6 Å². The molecule has 3 rings (SSSR count). The van der Waals surface area contributed by atoms with Gasteiger partial charge >= 0.3 is 0 Å². The van der Waals surface area contributed by atoms with Crippen LogP contribution in [0.3, 0.4) is 0 Å². The van der Waals surface area contributed by atoms with Crippen molar-refractivity contribution in [2.24, 2.45) is 0 Å². The minimum absolute atomic E-state index is 0.123. The van der Waals surface area contributed by atoms with E-state index in [2.05, 4.69) is 76.7 Å². The third-order valence-corrected chi connectivity index (χ3v) is 4.48. The molecule has 1 atom stereocenters. The SMILES string of the molecule is OCCC#Cc1ccc(CN2CCC[C@H](Nc3ccccc3)C2)cc1. The van der Waals surface area contributed by atoms with Crippen LogP contribution in [0.2, 0.25) is 0 Å². The van der Waals surface area contributed by atoms with Gasteiger partial charge in [-0.15, -0.1) is 0 Å². The second kappa shape index (κ2) is 9.27. The molecule has 0 radical (unpaired) electrons. The second-order valence-electron chi connectivity index (χ2n) is 6.56. The Morgan fingerprint density at radius 3 is 2.64 bits per heavy atom. The third kappa shape index (κ3) is 5.63. The standard InChI is InChI=1S/C22H26N2O/c25-16-5-4-7-19-11-13-20(14-12-19)17-24-15-6-10-22(18-24)23-21-8-2-1-3-9-21/h1-3,8-9,11-14,22-23,25H,5-6,10,15-18H2/t22-/m0/s1. The molecule has 130 valence electrons. The monoisotopic (exact) mass is 334 g/mol. The molecule has 2 aromatic carbocycles. The highest BCUT2D eigenvalue weighted by Crippen LogP contribution is 2.18. The van der Waals surface area contributed by atoms with Gasteiger partial charge in [0.25, 0.3) is 0 Å². The number of aliphatic hydroxyl groups excluding tert-OH is 1. The second-order valence-corrected chi connectivity index (χ2v) is 6.56. The summed E-state index contributed by atoms with van der Waals surface area (Å²) in [6.07, 6.45) is 2.99. The predicted octanol–water partition coefficient (Wildman–Crippen LogP) is 3.50. The van der Waals surface area contributed by atoms with Crippen molar-refractivity contribution in [3.05, 3.63) is 65.7 Å². The van der Waals surface area contributed by atoms with Crippen molar-refractivity contribution in [2.75, 3.05) is 25.0 Å². The molecular formula is C22H26N2O. The molecule has 2 N–H and O–H groups in total. The quantitative estimate of drug-likeness (QED) is 0.822. The van der Waals surface area contributed by atoms with Gasteiger partial charge in [-0.25, -0.2) is 0 Å². The summed E-state index contributed by atoms with van der Waals surface area (Å²) in [4.78, 5) is 2.52. The Kier molecular flexibility index (Phi) is 6.50. The van der Waals surface area contributed by atoms with Crippen molar-refractivity contribution < 1.29 is 5.11 Å². The van der Waals surface area contributed by atoms with E-state index in [4.69, 9.17) is 5.11 Å². The lowest BCUT2D eigenvalue weighted by Gasteiger charge is -2.33. The summed E-state index contributed by atoms with van der Waals surface area (Å²) in [6.45, 7) is 3.34. The first kappa shape index (κ1) is 17.5. The van der Waals surface area contributed by atoms with Crippen molar-refractivity contribution >= 4 is 5.69 Å². The van der Waals surface area contributed by atoms with Crippen molar-refractivity contribution in [1.29, 1.82) is 0 Å². The number of nitrogens with one attached hydrogen (secondary N) is 1. The highest BCUT2D eigenvalue weighted by atomic mass is 16.2. The Labute approximate surface area is 150 Å². The molecule has 1 aliphatic heterocycles. The highest BCUT2D eigenvalue weighted by Gasteiger charge is 2.19. The van der Waals surface area contributed by atoms with E-state index in [-0.39, 0.29) is 6.61 Å². The van der Waals surface area contributed by atoms with Crippen LogP contribution in [-0.2, 0) is 6.54 Å². The summed E-state index contributed by atoms with van der Waals surface area (Å²) >= 11 is 0. The summed E-state index contributed by atoms with van der Waals surface area (Å²) in [5.41, 5.74) is 3.55. The molecule has 1 saturated heterocycles. The van der Waals surface area contributed by atoms with Gasteiger partial charge in [-0.3, -0.25) is 4.90 Å². The van der Waals surface area contributed by atoms with Crippen LogP contribution in [0.1, 0.15) is 30.4 Å². The number of likely N-dealkylation sites (tertiary alicyclic amines) is 1. The van der Waals surface area contributed by atoms with Crippen LogP contribution in [-0.4, -0.2) is 35.7 Å². The van der Waals surface area contributed by atoms with E-state index in [1.54, 1.807) is 0 Å². The van der Waals surface area contributed by atoms with Crippen LogP contribution in [0.5, 0.6) is 0 Å². The van der Waals surface area contributed by atoms with E-state index >= 15 is 0 Å². The first-order chi connectivity index (χ1) is 12.3. The number of nitrogens with zero attached hydrogens (tertiary/aromatic N) is 1. The van der Waals surface area contributed by atoms with Crippen LogP contribution in [0.4, 0.5) is 5.69 Å². The molecule has 0 amide bonds. The molecule has 1 heterocycles. The fourth-order valence-electron chi connectivity index (χ4n) is 3.26. The number of anilines is 1. The Balaban J connectivity index is 1.53. The van der Waals surface area contributed by atoms with Crippen molar-refractivity contribution in [3.8, 4) is 11.8 Å². The molecule has 3 nitrogen and oxygen atoms in total. The van der Waals surface area contributed by atoms with Crippen molar-refractivity contribution in [2.45, 2.75) is 31.8 Å². The maximum Gasteiger partial charge on any atom is 0.0540 e. The maximum atomic E-state index is 8.77. The largest absolute Gasteiger partial charge is 0.395 e. The normalized spacial score (nSPS) is 17.6. The smallest absolute Gasteiger partial charge is 0.0540 e. The van der Waals surface area contributed by atoms with Gasteiger partial charge in [-0.05, 0) is 49.2 Å². The highest BCUT2D eigenvalue weighted by molar-refractivity contribution is 5.43. The van der Waals surface area contributed by atoms with Gasteiger partial charge in [0.1, 0.15) is 0 Å². The van der Waals surface area contributed by atoms with Crippen molar-refractivity contribution in [3.63, 3.8) is 0 Å². The molecule has 3 heteroatoms. The van der Waals surface area contributed by atoms with Gasteiger partial charge in [0, 0.05) is 36.8 Å². The molecule has 1 fully saturated rings. The van der Waals surface area contributed by atoms with Gasteiger partial charge in [0.15, 0.2) is 0 Å². The Hall–Kier alpha value is -2.28. The van der Waals surface area contributed by atoms with Gasteiger partial charge in [0.2, 0.25) is 0 Å². The third-order valence-electron chi connectivity index (χ3n) is 4.48. The molecule has 0 aliphatic carbocycles. The average molecular weight is 334 g/mol. The first-order valence-electron chi connectivity index (χ1n) is 9.06. The molecule has 1 aliphatic rings. The maximum absolute atomic E-state index is 8.77. The first-order valence-corrected chi connectivity index (χ1v) is 9.06. The molecule has 0 spiro atoms. The van der Waals surface area contributed by atoms with Crippen LogP contribution in [0, 0.1) is 11.8 Å². The summed E-state index contributed by atoms with van der Waals surface area (Å²) in [6, 6.07) is 19.5. The zero-order valence-corrected chi connectivity index (χ0v) is 14.6. The summed E-state index contributed by atoms with van der Waals surface area (Å²) in [5.74, 6) is 6.04. The molecular weight excluding hydrogens is 308 g/mol. The zero-order valence-electron chi connectivity index (χ0n) is 14.6. The number of benzene rings is 2. The van der Waals surface area contributed by atoms with E-state index in [1.165, 1.54) is 24.1 Å². The summed E-state index contributed by atoms with van der Waals surface area (Å²) < 4.78 is 0. The molecule has 0 saturated carbocycles. The number of hydrogen-bond acceptors (Lipinski definition) is 3. The van der Waals surface area contributed by atoms with Gasteiger partial charge < -0.3 is 10.4 Å². The number of piperidine rings is 1. The van der Waals surface area contributed by atoms with Gasteiger partial charge in [-0.2, -0.15) is 0 Å². The van der Waals surface area contributed by atoms with Crippen LogP contribution < -0.4 is 5.32 Å².